The van der Waals surface area contributed by atoms with Crippen LogP contribution in [0.1, 0.15) is 37.2 Å². The monoisotopic (exact) mass is 362 g/mol. The molecule has 2 unspecified atom stereocenters. The predicted octanol–water partition coefficient (Wildman–Crippen LogP) is 3.37. The molecule has 0 aliphatic heterocycles. The van der Waals surface area contributed by atoms with Gasteiger partial charge in [0.15, 0.2) is 11.6 Å². The molecule has 0 bridgehead atoms. The second-order valence-corrected chi connectivity index (χ2v) is 6.58. The SMILES string of the molecule is CC1CC1c1ccc(CCC(=O)NCC(=O)Nc2ccc(F)c(F)c2)o1. The number of benzene rings is 1. The lowest BCUT2D eigenvalue weighted by Crippen LogP contribution is -2.32. The number of hydrogen-bond acceptors (Lipinski definition) is 3. The third kappa shape index (κ3) is 4.68. The number of hydrogen-bond donors (Lipinski definition) is 2. The Bertz CT molecular complexity index is 819. The summed E-state index contributed by atoms with van der Waals surface area (Å²) in [7, 11) is 0. The van der Waals surface area contributed by atoms with Gasteiger partial charge in [-0.05, 0) is 36.6 Å². The van der Waals surface area contributed by atoms with E-state index in [-0.39, 0.29) is 24.6 Å². The molecule has 2 aromatic rings. The summed E-state index contributed by atoms with van der Waals surface area (Å²) in [4.78, 5) is 23.6. The van der Waals surface area contributed by atoms with Gasteiger partial charge >= 0.3 is 0 Å². The second-order valence-electron chi connectivity index (χ2n) is 6.58. The Labute approximate surface area is 149 Å². The van der Waals surface area contributed by atoms with E-state index in [2.05, 4.69) is 17.6 Å². The zero-order valence-corrected chi connectivity index (χ0v) is 14.4. The maximum absolute atomic E-state index is 13.1. The fourth-order valence-corrected chi connectivity index (χ4v) is 2.73. The highest BCUT2D eigenvalue weighted by Crippen LogP contribution is 2.47. The fourth-order valence-electron chi connectivity index (χ4n) is 2.73. The van der Waals surface area contributed by atoms with E-state index in [4.69, 9.17) is 4.42 Å². The number of rotatable bonds is 7. The van der Waals surface area contributed by atoms with E-state index in [1.54, 1.807) is 0 Å². The van der Waals surface area contributed by atoms with Crippen LogP contribution in [0.2, 0.25) is 0 Å². The number of carbonyl (C=O) groups is 2. The molecular weight excluding hydrogens is 342 g/mol. The van der Waals surface area contributed by atoms with Crippen molar-refractivity contribution in [3.8, 4) is 0 Å². The molecule has 26 heavy (non-hydrogen) atoms. The highest BCUT2D eigenvalue weighted by molar-refractivity contribution is 5.94. The van der Waals surface area contributed by atoms with Crippen LogP contribution in [0.25, 0.3) is 0 Å². The first-order valence-corrected chi connectivity index (χ1v) is 8.52. The van der Waals surface area contributed by atoms with Crippen molar-refractivity contribution in [2.24, 2.45) is 5.92 Å². The van der Waals surface area contributed by atoms with Crippen LogP contribution in [0.4, 0.5) is 14.5 Å². The summed E-state index contributed by atoms with van der Waals surface area (Å²) < 4.78 is 31.6. The van der Waals surface area contributed by atoms with Gasteiger partial charge in [-0.2, -0.15) is 0 Å². The number of amides is 2. The van der Waals surface area contributed by atoms with Gasteiger partial charge < -0.3 is 15.1 Å². The van der Waals surface area contributed by atoms with E-state index in [1.807, 2.05) is 12.1 Å². The fraction of sp³-hybridized carbons (Fsp3) is 0.368. The Kier molecular flexibility index (Phi) is 5.35. The van der Waals surface area contributed by atoms with Crippen molar-refractivity contribution in [3.63, 3.8) is 0 Å². The first-order chi connectivity index (χ1) is 12.4. The zero-order chi connectivity index (χ0) is 18.7. The molecule has 0 radical (unpaired) electrons. The summed E-state index contributed by atoms with van der Waals surface area (Å²) in [6.07, 6.45) is 1.80. The van der Waals surface area contributed by atoms with Gasteiger partial charge in [0.05, 0.1) is 6.54 Å². The maximum Gasteiger partial charge on any atom is 0.243 e. The van der Waals surface area contributed by atoms with Crippen LogP contribution in [0.3, 0.4) is 0 Å². The molecule has 1 aromatic heterocycles. The van der Waals surface area contributed by atoms with E-state index in [9.17, 15) is 18.4 Å². The summed E-state index contributed by atoms with van der Waals surface area (Å²) in [6, 6.07) is 6.88. The molecule has 0 spiro atoms. The van der Waals surface area contributed by atoms with Gasteiger partial charge in [-0.3, -0.25) is 9.59 Å². The predicted molar refractivity (Wildman–Crippen MR) is 91.5 cm³/mol. The van der Waals surface area contributed by atoms with Crippen LogP contribution in [0, 0.1) is 17.6 Å². The van der Waals surface area contributed by atoms with Crippen molar-refractivity contribution in [3.05, 3.63) is 53.5 Å². The van der Waals surface area contributed by atoms with Crippen molar-refractivity contribution >= 4 is 17.5 Å². The van der Waals surface area contributed by atoms with Gasteiger partial charge in [-0.15, -0.1) is 0 Å². The molecule has 1 heterocycles. The van der Waals surface area contributed by atoms with Crippen LogP contribution < -0.4 is 10.6 Å². The molecule has 0 saturated heterocycles. The summed E-state index contributed by atoms with van der Waals surface area (Å²) >= 11 is 0. The first-order valence-electron chi connectivity index (χ1n) is 8.52. The van der Waals surface area contributed by atoms with Gasteiger partial charge in [-0.1, -0.05) is 6.92 Å². The third-order valence-electron chi connectivity index (χ3n) is 4.41. The molecule has 1 aromatic carbocycles. The lowest BCUT2D eigenvalue weighted by molar-refractivity contribution is -0.124. The molecule has 1 saturated carbocycles. The summed E-state index contributed by atoms with van der Waals surface area (Å²) in [5.41, 5.74) is 0.126. The van der Waals surface area contributed by atoms with Crippen molar-refractivity contribution in [2.75, 3.05) is 11.9 Å². The topological polar surface area (TPSA) is 71.3 Å². The van der Waals surface area contributed by atoms with Crippen LogP contribution in [-0.4, -0.2) is 18.4 Å². The molecule has 2 atom stereocenters. The second kappa shape index (κ2) is 7.68. The highest BCUT2D eigenvalue weighted by Gasteiger charge is 2.36. The minimum atomic E-state index is -1.05. The largest absolute Gasteiger partial charge is 0.466 e. The van der Waals surface area contributed by atoms with Gasteiger partial charge in [0.1, 0.15) is 11.5 Å². The molecule has 7 heteroatoms. The van der Waals surface area contributed by atoms with E-state index < -0.39 is 17.5 Å². The van der Waals surface area contributed by atoms with Gasteiger partial charge in [-0.25, -0.2) is 8.78 Å². The number of anilines is 1. The number of carbonyl (C=O) groups excluding carboxylic acids is 2. The number of aryl methyl sites for hydroxylation is 1. The Balaban J connectivity index is 1.38. The van der Waals surface area contributed by atoms with Gasteiger partial charge in [0.25, 0.3) is 0 Å². The molecule has 5 nitrogen and oxygen atoms in total. The number of furan rings is 1. The molecule has 2 N–H and O–H groups in total. The van der Waals surface area contributed by atoms with Gasteiger partial charge in [0, 0.05) is 30.5 Å². The first kappa shape index (κ1) is 18.1. The lowest BCUT2D eigenvalue weighted by atomic mass is 10.2. The standard InChI is InChI=1S/C19H20F2N2O3/c1-11-8-14(11)17-6-3-13(26-17)4-7-18(24)22-10-19(25)23-12-2-5-15(20)16(21)9-12/h2-3,5-6,9,11,14H,4,7-8,10H2,1H3,(H,22,24)(H,23,25). The lowest BCUT2D eigenvalue weighted by Gasteiger charge is -2.07. The van der Waals surface area contributed by atoms with E-state index in [1.165, 1.54) is 6.07 Å². The molecule has 1 fully saturated rings. The van der Waals surface area contributed by atoms with Crippen LogP contribution in [-0.2, 0) is 16.0 Å². The van der Waals surface area contributed by atoms with Crippen molar-refractivity contribution in [1.29, 1.82) is 0 Å². The van der Waals surface area contributed by atoms with Crippen molar-refractivity contribution < 1.29 is 22.8 Å². The molecule has 138 valence electrons. The minimum Gasteiger partial charge on any atom is -0.466 e. The van der Waals surface area contributed by atoms with Crippen molar-refractivity contribution in [2.45, 2.75) is 32.1 Å². The Morgan fingerprint density at radius 1 is 1.15 bits per heavy atom. The Morgan fingerprint density at radius 2 is 1.92 bits per heavy atom. The molecule has 1 aliphatic carbocycles. The third-order valence-corrected chi connectivity index (χ3v) is 4.41. The normalized spacial score (nSPS) is 18.4. The van der Waals surface area contributed by atoms with Crippen LogP contribution >= 0.6 is 0 Å². The number of nitrogens with one attached hydrogen (secondary N) is 2. The summed E-state index contributed by atoms with van der Waals surface area (Å²) in [5, 5.41) is 4.87. The van der Waals surface area contributed by atoms with E-state index in [0.29, 0.717) is 18.3 Å². The average Bonchev–Trinajstić information content (AvgIpc) is 3.15. The minimum absolute atomic E-state index is 0.126. The molecule has 3 rings (SSSR count). The quantitative estimate of drug-likeness (QED) is 0.793. The summed E-state index contributed by atoms with van der Waals surface area (Å²) in [5.74, 6) is 0.0246. The van der Waals surface area contributed by atoms with Gasteiger partial charge in [0.2, 0.25) is 11.8 Å². The van der Waals surface area contributed by atoms with E-state index in [0.717, 1.165) is 30.1 Å². The van der Waals surface area contributed by atoms with Crippen molar-refractivity contribution in [1.82, 2.24) is 5.32 Å². The molecule has 1 aliphatic rings. The Hall–Kier alpha value is -2.70. The van der Waals surface area contributed by atoms with E-state index >= 15 is 0 Å². The molecular formula is C19H20F2N2O3. The maximum atomic E-state index is 13.1. The number of halogens is 2. The Morgan fingerprint density at radius 3 is 2.62 bits per heavy atom. The zero-order valence-electron chi connectivity index (χ0n) is 14.4. The average molecular weight is 362 g/mol. The smallest absolute Gasteiger partial charge is 0.243 e. The van der Waals surface area contributed by atoms with Crippen LogP contribution in [0.15, 0.2) is 34.7 Å². The highest BCUT2D eigenvalue weighted by atomic mass is 19.2. The molecule has 2 amide bonds. The van der Waals surface area contributed by atoms with Crippen LogP contribution in [0.5, 0.6) is 0 Å². The summed E-state index contributed by atoms with van der Waals surface area (Å²) in [6.45, 7) is 1.92.